The Balaban J connectivity index is 1.89. The summed E-state index contributed by atoms with van der Waals surface area (Å²) in [6.45, 7) is 0. The number of aryl methyl sites for hydroxylation is 1. The van der Waals surface area contributed by atoms with Crippen LogP contribution in [0.2, 0.25) is 0 Å². The van der Waals surface area contributed by atoms with E-state index in [0.717, 1.165) is 11.1 Å². The molecule has 0 aliphatic heterocycles. The predicted octanol–water partition coefficient (Wildman–Crippen LogP) is 1.76. The first-order valence-electron chi connectivity index (χ1n) is 7.93. The number of carboxylic acids is 1. The fraction of sp³-hybridized carbons (Fsp3) is 0.263. The highest BCUT2D eigenvalue weighted by Crippen LogP contribution is 2.07. The molecule has 0 saturated heterocycles. The minimum Gasteiger partial charge on any atom is -0.480 e. The Labute approximate surface area is 141 Å². The van der Waals surface area contributed by atoms with Gasteiger partial charge in [-0.2, -0.15) is 0 Å². The van der Waals surface area contributed by atoms with Crippen molar-refractivity contribution in [3.63, 3.8) is 0 Å². The molecule has 0 spiro atoms. The molecular formula is C19H22N2O3. The SMILES string of the molecule is N[C@@H](Cc1ccccc1)C(=O)N[C@@H](CCc1ccccc1)C(=O)O. The van der Waals surface area contributed by atoms with Gasteiger partial charge in [-0.05, 0) is 30.4 Å². The second-order valence-corrected chi connectivity index (χ2v) is 5.72. The van der Waals surface area contributed by atoms with Crippen molar-refractivity contribution < 1.29 is 14.7 Å². The van der Waals surface area contributed by atoms with Gasteiger partial charge in [-0.15, -0.1) is 0 Å². The number of carboxylic acid groups (broad SMARTS) is 1. The van der Waals surface area contributed by atoms with E-state index in [1.165, 1.54) is 0 Å². The highest BCUT2D eigenvalue weighted by Gasteiger charge is 2.23. The van der Waals surface area contributed by atoms with Gasteiger partial charge in [-0.25, -0.2) is 4.79 Å². The lowest BCUT2D eigenvalue weighted by Crippen LogP contribution is -2.49. The number of nitrogens with one attached hydrogen (secondary N) is 1. The maximum atomic E-state index is 12.2. The van der Waals surface area contributed by atoms with Crippen LogP contribution in [0.1, 0.15) is 17.5 Å². The normalized spacial score (nSPS) is 13.0. The Morgan fingerprint density at radius 2 is 1.50 bits per heavy atom. The van der Waals surface area contributed by atoms with Gasteiger partial charge in [0.2, 0.25) is 5.91 Å². The molecule has 5 heteroatoms. The summed E-state index contributed by atoms with van der Waals surface area (Å²) >= 11 is 0. The minimum absolute atomic E-state index is 0.323. The van der Waals surface area contributed by atoms with Crippen LogP contribution in [0.4, 0.5) is 0 Å². The summed E-state index contributed by atoms with van der Waals surface area (Å²) in [5.74, 6) is -1.49. The van der Waals surface area contributed by atoms with Crippen molar-refractivity contribution in [2.45, 2.75) is 31.3 Å². The highest BCUT2D eigenvalue weighted by atomic mass is 16.4. The van der Waals surface area contributed by atoms with Crippen LogP contribution in [-0.2, 0) is 22.4 Å². The zero-order chi connectivity index (χ0) is 17.4. The van der Waals surface area contributed by atoms with Crippen LogP contribution in [0, 0.1) is 0 Å². The number of carbonyl (C=O) groups excluding carboxylic acids is 1. The van der Waals surface area contributed by atoms with Crippen LogP contribution in [0.15, 0.2) is 60.7 Å². The fourth-order valence-electron chi connectivity index (χ4n) is 2.45. The van der Waals surface area contributed by atoms with Gasteiger partial charge in [-0.1, -0.05) is 60.7 Å². The van der Waals surface area contributed by atoms with Gasteiger partial charge < -0.3 is 16.2 Å². The van der Waals surface area contributed by atoms with Crippen molar-refractivity contribution in [2.75, 3.05) is 0 Å². The fourth-order valence-corrected chi connectivity index (χ4v) is 2.45. The van der Waals surface area contributed by atoms with E-state index in [0.29, 0.717) is 19.3 Å². The lowest BCUT2D eigenvalue weighted by Gasteiger charge is -2.18. The molecule has 0 aliphatic carbocycles. The van der Waals surface area contributed by atoms with Crippen molar-refractivity contribution in [2.24, 2.45) is 5.73 Å². The molecule has 1 amide bonds. The van der Waals surface area contributed by atoms with Crippen molar-refractivity contribution in [1.29, 1.82) is 0 Å². The molecular weight excluding hydrogens is 304 g/mol. The maximum Gasteiger partial charge on any atom is 0.326 e. The quantitative estimate of drug-likeness (QED) is 0.689. The summed E-state index contributed by atoms with van der Waals surface area (Å²) in [6.07, 6.45) is 1.27. The zero-order valence-electron chi connectivity index (χ0n) is 13.4. The first-order valence-corrected chi connectivity index (χ1v) is 7.93. The number of rotatable bonds is 8. The van der Waals surface area contributed by atoms with Crippen molar-refractivity contribution in [3.8, 4) is 0 Å². The maximum absolute atomic E-state index is 12.2. The van der Waals surface area contributed by atoms with Crippen molar-refractivity contribution in [3.05, 3.63) is 71.8 Å². The lowest BCUT2D eigenvalue weighted by molar-refractivity contribution is -0.142. The van der Waals surface area contributed by atoms with E-state index in [1.54, 1.807) is 0 Å². The predicted molar refractivity (Wildman–Crippen MR) is 92.5 cm³/mol. The summed E-state index contributed by atoms with van der Waals surface area (Å²) in [7, 11) is 0. The number of benzene rings is 2. The van der Waals surface area contributed by atoms with Gasteiger partial charge in [0.25, 0.3) is 0 Å². The minimum atomic E-state index is -1.05. The van der Waals surface area contributed by atoms with E-state index in [2.05, 4.69) is 5.32 Å². The second kappa shape index (κ2) is 8.84. The van der Waals surface area contributed by atoms with E-state index in [-0.39, 0.29) is 0 Å². The molecule has 2 atom stereocenters. The van der Waals surface area contributed by atoms with Gasteiger partial charge in [0, 0.05) is 0 Å². The highest BCUT2D eigenvalue weighted by molar-refractivity contribution is 5.87. The third-order valence-electron chi connectivity index (χ3n) is 3.81. The topological polar surface area (TPSA) is 92.4 Å². The molecule has 126 valence electrons. The van der Waals surface area contributed by atoms with E-state index >= 15 is 0 Å². The van der Waals surface area contributed by atoms with Crippen LogP contribution in [-0.4, -0.2) is 29.1 Å². The van der Waals surface area contributed by atoms with Gasteiger partial charge in [-0.3, -0.25) is 4.79 Å². The molecule has 2 rings (SSSR count). The Hall–Kier alpha value is -2.66. The molecule has 0 aromatic heterocycles. The smallest absolute Gasteiger partial charge is 0.326 e. The van der Waals surface area contributed by atoms with Crippen LogP contribution in [0.5, 0.6) is 0 Å². The Morgan fingerprint density at radius 1 is 0.958 bits per heavy atom. The van der Waals surface area contributed by atoms with E-state index < -0.39 is 24.0 Å². The second-order valence-electron chi connectivity index (χ2n) is 5.72. The van der Waals surface area contributed by atoms with Gasteiger partial charge in [0.1, 0.15) is 6.04 Å². The van der Waals surface area contributed by atoms with Crippen molar-refractivity contribution in [1.82, 2.24) is 5.32 Å². The summed E-state index contributed by atoms with van der Waals surface area (Å²) in [4.78, 5) is 23.6. The summed E-state index contributed by atoms with van der Waals surface area (Å²) < 4.78 is 0. The standard InChI is InChI=1S/C19H22N2O3/c20-16(13-15-9-5-2-6-10-15)18(22)21-17(19(23)24)12-11-14-7-3-1-4-8-14/h1-10,16-17H,11-13,20H2,(H,21,22)(H,23,24)/t16-,17-/m0/s1. The van der Waals surface area contributed by atoms with Gasteiger partial charge >= 0.3 is 5.97 Å². The molecule has 5 nitrogen and oxygen atoms in total. The first kappa shape index (κ1) is 17.7. The molecule has 0 bridgehead atoms. The summed E-state index contributed by atoms with van der Waals surface area (Å²) in [6, 6.07) is 17.3. The number of nitrogens with two attached hydrogens (primary N) is 1. The molecule has 4 N–H and O–H groups in total. The molecule has 2 aromatic rings. The average molecular weight is 326 g/mol. The Bertz CT molecular complexity index is 659. The van der Waals surface area contributed by atoms with Crippen LogP contribution >= 0.6 is 0 Å². The molecule has 0 aliphatic rings. The van der Waals surface area contributed by atoms with E-state index in [9.17, 15) is 14.7 Å². The van der Waals surface area contributed by atoms with Gasteiger partial charge in [0.05, 0.1) is 6.04 Å². The number of hydrogen-bond donors (Lipinski definition) is 3. The lowest BCUT2D eigenvalue weighted by atomic mass is 10.0. The number of amides is 1. The average Bonchev–Trinajstić information content (AvgIpc) is 2.59. The molecule has 0 radical (unpaired) electrons. The first-order chi connectivity index (χ1) is 11.6. The third-order valence-corrected chi connectivity index (χ3v) is 3.81. The zero-order valence-corrected chi connectivity index (χ0v) is 13.4. The van der Waals surface area contributed by atoms with Crippen LogP contribution < -0.4 is 11.1 Å². The largest absolute Gasteiger partial charge is 0.480 e. The summed E-state index contributed by atoms with van der Waals surface area (Å²) in [5, 5.41) is 11.9. The number of aliphatic carboxylic acids is 1. The number of carbonyl (C=O) groups is 2. The van der Waals surface area contributed by atoms with Crippen LogP contribution in [0.3, 0.4) is 0 Å². The van der Waals surface area contributed by atoms with Gasteiger partial charge in [0.15, 0.2) is 0 Å². The Morgan fingerprint density at radius 3 is 2.04 bits per heavy atom. The van der Waals surface area contributed by atoms with E-state index in [1.807, 2.05) is 60.7 Å². The van der Waals surface area contributed by atoms with Crippen LogP contribution in [0.25, 0.3) is 0 Å². The summed E-state index contributed by atoms with van der Waals surface area (Å²) in [5.41, 5.74) is 7.87. The molecule has 0 fully saturated rings. The third kappa shape index (κ3) is 5.52. The number of hydrogen-bond acceptors (Lipinski definition) is 3. The Kier molecular flexibility index (Phi) is 6.51. The van der Waals surface area contributed by atoms with E-state index in [4.69, 9.17) is 5.73 Å². The molecule has 0 heterocycles. The van der Waals surface area contributed by atoms with Crippen molar-refractivity contribution >= 4 is 11.9 Å². The molecule has 0 unspecified atom stereocenters. The molecule has 2 aromatic carbocycles. The molecule has 24 heavy (non-hydrogen) atoms. The monoisotopic (exact) mass is 326 g/mol. The molecule has 0 saturated carbocycles.